The highest BCUT2D eigenvalue weighted by atomic mass is 79.9. The number of rotatable bonds is 4. The summed E-state index contributed by atoms with van der Waals surface area (Å²) < 4.78 is 1.11. The maximum atomic E-state index is 6.19. The van der Waals surface area contributed by atoms with Crippen LogP contribution in [0.2, 0.25) is 0 Å². The van der Waals surface area contributed by atoms with Gasteiger partial charge in [-0.15, -0.1) is 11.6 Å². The number of hydrogen-bond acceptors (Lipinski definition) is 0. The largest absolute Gasteiger partial charge is 0.126 e. The lowest BCUT2D eigenvalue weighted by Crippen LogP contribution is -2.11. The zero-order valence-corrected chi connectivity index (χ0v) is 15.2. The van der Waals surface area contributed by atoms with Crippen molar-refractivity contribution in [3.05, 3.63) is 69.7 Å². The van der Waals surface area contributed by atoms with Crippen molar-refractivity contribution >= 4 is 27.5 Å². The normalized spacial score (nSPS) is 13.2. The predicted molar refractivity (Wildman–Crippen MR) is 96.4 cm³/mol. The molecule has 0 bridgehead atoms. The summed E-state index contributed by atoms with van der Waals surface area (Å²) in [5, 5.41) is 0. The standard InChI is InChI=1S/C19H22BrCl/c1-19(2,3)17-9-7-14(8-10-17)11-16(13-21)15-5-4-6-18(20)12-15/h4-10,12,16H,11,13H2,1-3H3. The summed E-state index contributed by atoms with van der Waals surface area (Å²) in [5.74, 6) is 0.988. The third-order valence-electron chi connectivity index (χ3n) is 3.81. The van der Waals surface area contributed by atoms with Crippen molar-refractivity contribution < 1.29 is 0 Å². The maximum absolute atomic E-state index is 6.19. The smallest absolute Gasteiger partial charge is 0.0295 e. The SMILES string of the molecule is CC(C)(C)c1ccc(CC(CCl)c2cccc(Br)c2)cc1. The van der Waals surface area contributed by atoms with Gasteiger partial charge in [-0.1, -0.05) is 73.1 Å². The first-order valence-electron chi connectivity index (χ1n) is 7.31. The molecule has 0 aliphatic heterocycles. The van der Waals surface area contributed by atoms with Crippen molar-refractivity contribution in [1.29, 1.82) is 0 Å². The molecule has 0 N–H and O–H groups in total. The maximum Gasteiger partial charge on any atom is 0.0295 e. The molecule has 1 unspecified atom stereocenters. The van der Waals surface area contributed by atoms with E-state index < -0.39 is 0 Å². The molecule has 2 aromatic rings. The Kier molecular flexibility index (Phi) is 5.51. The number of hydrogen-bond donors (Lipinski definition) is 0. The van der Waals surface area contributed by atoms with E-state index in [4.69, 9.17) is 11.6 Å². The highest BCUT2D eigenvalue weighted by molar-refractivity contribution is 9.10. The van der Waals surface area contributed by atoms with E-state index in [1.54, 1.807) is 0 Å². The third-order valence-corrected chi connectivity index (χ3v) is 4.67. The zero-order valence-electron chi connectivity index (χ0n) is 12.9. The van der Waals surface area contributed by atoms with Crippen LogP contribution in [0.15, 0.2) is 53.0 Å². The van der Waals surface area contributed by atoms with Crippen molar-refractivity contribution in [3.63, 3.8) is 0 Å². The molecule has 0 aliphatic carbocycles. The van der Waals surface area contributed by atoms with Crippen LogP contribution in [0.1, 0.15) is 43.4 Å². The molecule has 2 aromatic carbocycles. The molecule has 21 heavy (non-hydrogen) atoms. The van der Waals surface area contributed by atoms with E-state index in [-0.39, 0.29) is 5.41 Å². The van der Waals surface area contributed by atoms with Gasteiger partial charge in [-0.2, -0.15) is 0 Å². The lowest BCUT2D eigenvalue weighted by molar-refractivity contribution is 0.589. The number of alkyl halides is 1. The van der Waals surface area contributed by atoms with E-state index in [0.717, 1.165) is 10.9 Å². The molecule has 0 aromatic heterocycles. The fourth-order valence-electron chi connectivity index (χ4n) is 2.45. The fraction of sp³-hybridized carbons (Fsp3) is 0.368. The lowest BCUT2D eigenvalue weighted by atomic mass is 9.85. The highest BCUT2D eigenvalue weighted by Crippen LogP contribution is 2.27. The molecule has 0 fully saturated rings. The Labute approximate surface area is 141 Å². The van der Waals surface area contributed by atoms with E-state index in [1.165, 1.54) is 16.7 Å². The molecule has 2 heteroatoms. The van der Waals surface area contributed by atoms with E-state index in [1.807, 2.05) is 6.07 Å². The Morgan fingerprint density at radius 3 is 2.24 bits per heavy atom. The quantitative estimate of drug-likeness (QED) is 0.557. The minimum absolute atomic E-state index is 0.203. The first kappa shape index (κ1) is 16.6. The van der Waals surface area contributed by atoms with E-state index >= 15 is 0 Å². The molecule has 0 saturated carbocycles. The monoisotopic (exact) mass is 364 g/mol. The van der Waals surface area contributed by atoms with Crippen molar-refractivity contribution in [2.45, 2.75) is 38.5 Å². The topological polar surface area (TPSA) is 0 Å². The number of halogens is 2. The van der Waals surface area contributed by atoms with Crippen molar-refractivity contribution in [1.82, 2.24) is 0 Å². The third kappa shape index (κ3) is 4.59. The van der Waals surface area contributed by atoms with Gasteiger partial charge < -0.3 is 0 Å². The summed E-state index contributed by atoms with van der Waals surface area (Å²) in [6, 6.07) is 17.4. The van der Waals surface area contributed by atoms with Crippen LogP contribution >= 0.6 is 27.5 Å². The molecule has 0 nitrogen and oxygen atoms in total. The van der Waals surface area contributed by atoms with Gasteiger partial charge in [0.2, 0.25) is 0 Å². The van der Waals surface area contributed by atoms with Crippen molar-refractivity contribution in [3.8, 4) is 0 Å². The second-order valence-electron chi connectivity index (χ2n) is 6.56. The summed E-state index contributed by atoms with van der Waals surface area (Å²) in [6.07, 6.45) is 0.977. The molecule has 0 radical (unpaired) electrons. The Morgan fingerprint density at radius 2 is 1.71 bits per heavy atom. The zero-order chi connectivity index (χ0) is 15.5. The first-order valence-corrected chi connectivity index (χ1v) is 8.64. The Hall–Kier alpha value is -0.790. The molecule has 112 valence electrons. The molecular formula is C19H22BrCl. The summed E-state index contributed by atoms with van der Waals surface area (Å²) in [4.78, 5) is 0. The van der Waals surface area contributed by atoms with Gasteiger partial charge in [0.25, 0.3) is 0 Å². The minimum Gasteiger partial charge on any atom is -0.126 e. The molecular weight excluding hydrogens is 344 g/mol. The van der Waals surface area contributed by atoms with Crippen LogP contribution in [0.4, 0.5) is 0 Å². The number of benzene rings is 2. The average Bonchev–Trinajstić information content (AvgIpc) is 2.44. The van der Waals surface area contributed by atoms with Crippen molar-refractivity contribution in [2.24, 2.45) is 0 Å². The summed E-state index contributed by atoms with van der Waals surface area (Å²) in [7, 11) is 0. The molecule has 2 rings (SSSR count). The van der Waals surface area contributed by atoms with Crippen LogP contribution in [0.25, 0.3) is 0 Å². The van der Waals surface area contributed by atoms with E-state index in [9.17, 15) is 0 Å². The van der Waals surface area contributed by atoms with Gasteiger partial charge >= 0.3 is 0 Å². The molecule has 1 atom stereocenters. The molecule has 0 amide bonds. The van der Waals surface area contributed by atoms with Crippen LogP contribution < -0.4 is 0 Å². The highest BCUT2D eigenvalue weighted by Gasteiger charge is 2.15. The van der Waals surface area contributed by atoms with Crippen LogP contribution in [-0.4, -0.2) is 5.88 Å². The average molecular weight is 366 g/mol. The van der Waals surface area contributed by atoms with Crippen LogP contribution in [-0.2, 0) is 11.8 Å². The van der Waals surface area contributed by atoms with Gasteiger partial charge in [0, 0.05) is 16.3 Å². The molecule has 0 saturated heterocycles. The fourth-order valence-corrected chi connectivity index (χ4v) is 3.15. The van der Waals surface area contributed by atoms with Gasteiger partial charge in [0.1, 0.15) is 0 Å². The first-order chi connectivity index (χ1) is 9.90. The van der Waals surface area contributed by atoms with Gasteiger partial charge in [0.05, 0.1) is 0 Å². The van der Waals surface area contributed by atoms with E-state index in [2.05, 4.69) is 79.2 Å². The second kappa shape index (κ2) is 6.98. The van der Waals surface area contributed by atoms with Gasteiger partial charge in [-0.05, 0) is 40.7 Å². The molecule has 0 aliphatic rings. The summed E-state index contributed by atoms with van der Waals surface area (Å²) in [6.45, 7) is 6.72. The Balaban J connectivity index is 2.15. The lowest BCUT2D eigenvalue weighted by Gasteiger charge is -2.20. The van der Waals surface area contributed by atoms with E-state index in [0.29, 0.717) is 11.8 Å². The summed E-state index contributed by atoms with van der Waals surface area (Å²) in [5.41, 5.74) is 4.21. The Bertz CT molecular complexity index is 581. The van der Waals surface area contributed by atoms with Crippen LogP contribution in [0.3, 0.4) is 0 Å². The molecule has 0 spiro atoms. The second-order valence-corrected chi connectivity index (χ2v) is 7.78. The minimum atomic E-state index is 0.203. The molecule has 0 heterocycles. The van der Waals surface area contributed by atoms with Gasteiger partial charge in [-0.25, -0.2) is 0 Å². The van der Waals surface area contributed by atoms with Gasteiger partial charge in [0.15, 0.2) is 0 Å². The summed E-state index contributed by atoms with van der Waals surface area (Å²) >= 11 is 9.73. The van der Waals surface area contributed by atoms with Crippen LogP contribution in [0.5, 0.6) is 0 Å². The Morgan fingerprint density at radius 1 is 1.05 bits per heavy atom. The van der Waals surface area contributed by atoms with Gasteiger partial charge in [-0.3, -0.25) is 0 Å². The van der Waals surface area contributed by atoms with Crippen molar-refractivity contribution in [2.75, 3.05) is 5.88 Å². The van der Waals surface area contributed by atoms with Crippen LogP contribution in [0, 0.1) is 0 Å². The predicted octanol–water partition coefficient (Wildman–Crippen LogP) is 6.31.